The summed E-state index contributed by atoms with van der Waals surface area (Å²) in [6.45, 7) is 5.80. The molecule has 1 aliphatic heterocycles. The highest BCUT2D eigenvalue weighted by molar-refractivity contribution is 5.72. The molecule has 0 radical (unpaired) electrons. The Balaban J connectivity index is 0.000000438. The summed E-state index contributed by atoms with van der Waals surface area (Å²) in [7, 11) is 0. The van der Waals surface area contributed by atoms with Gasteiger partial charge in [-0.1, -0.05) is 60.7 Å². The fraction of sp³-hybridized carbons (Fsp3) is 0.458. The molecule has 2 aromatic carbocycles. The number of rotatable bonds is 7. The van der Waals surface area contributed by atoms with Gasteiger partial charge in [0.15, 0.2) is 0 Å². The van der Waals surface area contributed by atoms with Crippen LogP contribution in [-0.2, 0) is 4.79 Å². The molecular formula is C24H34N2O3. The van der Waals surface area contributed by atoms with E-state index in [9.17, 15) is 15.0 Å². The number of aliphatic hydroxyl groups is 2. The Morgan fingerprint density at radius 2 is 1.66 bits per heavy atom. The number of hydrogen-bond acceptors (Lipinski definition) is 4. The summed E-state index contributed by atoms with van der Waals surface area (Å²) in [6, 6.07) is 21.2. The van der Waals surface area contributed by atoms with Gasteiger partial charge >= 0.3 is 0 Å². The Morgan fingerprint density at radius 3 is 2.07 bits per heavy atom. The fourth-order valence-corrected chi connectivity index (χ4v) is 3.86. The number of hydrogen-bond donors (Lipinski definition) is 3. The SMILES string of the molecule is CCNC(C)=O.OCC1CC(O)CN1CCC(c1ccccc1)c1ccccc1. The number of likely N-dealkylation sites (tertiary alicyclic amines) is 1. The van der Waals surface area contributed by atoms with Crippen LogP contribution in [0.1, 0.15) is 43.7 Å². The standard InChI is InChI=1S/C20H25NO2.C4H9NO/c22-15-18-13-19(23)14-21(18)12-11-20(16-7-3-1-4-8-16)17-9-5-2-6-10-17;1-3-5-4(2)6/h1-10,18-20,22-23H,11-15H2;3H2,1-2H3,(H,5,6). The normalized spacial score (nSPS) is 18.9. The zero-order valence-corrected chi connectivity index (χ0v) is 17.5. The maximum Gasteiger partial charge on any atom is 0.216 e. The highest BCUT2D eigenvalue weighted by atomic mass is 16.3. The van der Waals surface area contributed by atoms with Crippen LogP contribution in [-0.4, -0.2) is 59.4 Å². The van der Waals surface area contributed by atoms with Gasteiger partial charge in [-0.25, -0.2) is 0 Å². The molecule has 0 aliphatic carbocycles. The largest absolute Gasteiger partial charge is 0.395 e. The summed E-state index contributed by atoms with van der Waals surface area (Å²) in [4.78, 5) is 12.2. The third-order valence-corrected chi connectivity index (χ3v) is 5.25. The van der Waals surface area contributed by atoms with Gasteiger partial charge in [-0.05, 0) is 37.4 Å². The van der Waals surface area contributed by atoms with Crippen LogP contribution in [0.5, 0.6) is 0 Å². The molecule has 1 saturated heterocycles. The minimum atomic E-state index is -0.306. The summed E-state index contributed by atoms with van der Waals surface area (Å²) in [5.74, 6) is 0.381. The van der Waals surface area contributed by atoms with Crippen molar-refractivity contribution in [2.45, 2.75) is 44.8 Å². The number of amides is 1. The van der Waals surface area contributed by atoms with E-state index < -0.39 is 0 Å². The Hall–Kier alpha value is -2.21. The summed E-state index contributed by atoms with van der Waals surface area (Å²) in [6.07, 6.45) is 1.36. The van der Waals surface area contributed by atoms with E-state index in [1.165, 1.54) is 18.1 Å². The monoisotopic (exact) mass is 398 g/mol. The summed E-state index contributed by atoms with van der Waals surface area (Å²) >= 11 is 0. The van der Waals surface area contributed by atoms with Crippen LogP contribution in [0.3, 0.4) is 0 Å². The molecule has 2 atom stereocenters. The van der Waals surface area contributed by atoms with Crippen LogP contribution in [0, 0.1) is 0 Å². The minimum Gasteiger partial charge on any atom is -0.395 e. The van der Waals surface area contributed by atoms with Gasteiger partial charge in [-0.2, -0.15) is 0 Å². The number of aliphatic hydroxyl groups excluding tert-OH is 2. The van der Waals surface area contributed by atoms with Crippen molar-refractivity contribution in [3.63, 3.8) is 0 Å². The Labute approximate surface area is 174 Å². The van der Waals surface area contributed by atoms with Crippen molar-refractivity contribution in [2.75, 3.05) is 26.2 Å². The van der Waals surface area contributed by atoms with Crippen molar-refractivity contribution < 1.29 is 15.0 Å². The Morgan fingerprint density at radius 1 is 1.10 bits per heavy atom. The van der Waals surface area contributed by atoms with Crippen LogP contribution in [0.4, 0.5) is 0 Å². The van der Waals surface area contributed by atoms with E-state index >= 15 is 0 Å². The van der Waals surface area contributed by atoms with Crippen molar-refractivity contribution in [1.82, 2.24) is 10.2 Å². The first-order chi connectivity index (χ1) is 14.0. The van der Waals surface area contributed by atoms with E-state index in [0.29, 0.717) is 18.9 Å². The van der Waals surface area contributed by atoms with Gasteiger partial charge in [0.05, 0.1) is 12.7 Å². The smallest absolute Gasteiger partial charge is 0.216 e. The van der Waals surface area contributed by atoms with Gasteiger partial charge in [0.2, 0.25) is 5.91 Å². The van der Waals surface area contributed by atoms with E-state index in [-0.39, 0.29) is 24.7 Å². The van der Waals surface area contributed by atoms with Crippen molar-refractivity contribution in [2.24, 2.45) is 0 Å². The average molecular weight is 399 g/mol. The van der Waals surface area contributed by atoms with Crippen LogP contribution in [0.15, 0.2) is 60.7 Å². The zero-order valence-electron chi connectivity index (χ0n) is 17.5. The maximum absolute atomic E-state index is 9.93. The average Bonchev–Trinajstić information content (AvgIpc) is 3.10. The van der Waals surface area contributed by atoms with Crippen LogP contribution in [0.25, 0.3) is 0 Å². The second-order valence-electron chi connectivity index (χ2n) is 7.47. The predicted molar refractivity (Wildman–Crippen MR) is 117 cm³/mol. The van der Waals surface area contributed by atoms with E-state index in [1.54, 1.807) is 0 Å². The highest BCUT2D eigenvalue weighted by Gasteiger charge is 2.30. The molecule has 2 aromatic rings. The number of nitrogens with one attached hydrogen (secondary N) is 1. The molecule has 1 heterocycles. The number of nitrogens with zero attached hydrogens (tertiary/aromatic N) is 1. The lowest BCUT2D eigenvalue weighted by atomic mass is 9.88. The summed E-state index contributed by atoms with van der Waals surface area (Å²) in [5.41, 5.74) is 2.64. The van der Waals surface area contributed by atoms with Gasteiger partial charge in [-0.3, -0.25) is 9.69 Å². The van der Waals surface area contributed by atoms with Gasteiger partial charge in [0.1, 0.15) is 0 Å². The molecule has 5 nitrogen and oxygen atoms in total. The molecule has 0 aromatic heterocycles. The third kappa shape index (κ3) is 7.61. The van der Waals surface area contributed by atoms with Gasteiger partial charge < -0.3 is 15.5 Å². The summed E-state index contributed by atoms with van der Waals surface area (Å²) < 4.78 is 0. The van der Waals surface area contributed by atoms with Gasteiger partial charge in [0.25, 0.3) is 0 Å². The highest BCUT2D eigenvalue weighted by Crippen LogP contribution is 2.29. The van der Waals surface area contributed by atoms with Crippen molar-refractivity contribution in [1.29, 1.82) is 0 Å². The zero-order chi connectivity index (χ0) is 21.1. The lowest BCUT2D eigenvalue weighted by Crippen LogP contribution is -2.34. The molecule has 5 heteroatoms. The van der Waals surface area contributed by atoms with Crippen molar-refractivity contribution >= 4 is 5.91 Å². The Kier molecular flexibility index (Phi) is 9.84. The van der Waals surface area contributed by atoms with Gasteiger partial charge in [-0.15, -0.1) is 0 Å². The van der Waals surface area contributed by atoms with E-state index in [2.05, 4.69) is 58.7 Å². The van der Waals surface area contributed by atoms with E-state index in [0.717, 1.165) is 19.5 Å². The fourth-order valence-electron chi connectivity index (χ4n) is 3.86. The van der Waals surface area contributed by atoms with E-state index in [1.807, 2.05) is 19.1 Å². The van der Waals surface area contributed by atoms with Crippen LogP contribution < -0.4 is 5.32 Å². The Bertz CT molecular complexity index is 669. The maximum atomic E-state index is 9.93. The molecule has 0 spiro atoms. The molecule has 0 saturated carbocycles. The van der Waals surface area contributed by atoms with Crippen molar-refractivity contribution in [3.8, 4) is 0 Å². The minimum absolute atomic E-state index is 0.0394. The van der Waals surface area contributed by atoms with Crippen LogP contribution in [0.2, 0.25) is 0 Å². The molecule has 2 unspecified atom stereocenters. The molecule has 158 valence electrons. The molecule has 1 fully saturated rings. The van der Waals surface area contributed by atoms with Crippen LogP contribution >= 0.6 is 0 Å². The molecule has 3 N–H and O–H groups in total. The van der Waals surface area contributed by atoms with Crippen molar-refractivity contribution in [3.05, 3.63) is 71.8 Å². The van der Waals surface area contributed by atoms with E-state index in [4.69, 9.17) is 0 Å². The second-order valence-corrected chi connectivity index (χ2v) is 7.47. The number of carbonyl (C=O) groups is 1. The molecule has 3 rings (SSSR count). The molecular weight excluding hydrogens is 364 g/mol. The molecule has 1 aliphatic rings. The quantitative estimate of drug-likeness (QED) is 0.671. The lowest BCUT2D eigenvalue weighted by molar-refractivity contribution is -0.118. The topological polar surface area (TPSA) is 72.8 Å². The number of benzene rings is 2. The second kappa shape index (κ2) is 12.4. The lowest BCUT2D eigenvalue weighted by Gasteiger charge is -2.26. The third-order valence-electron chi connectivity index (χ3n) is 5.25. The number of carbonyl (C=O) groups excluding carboxylic acids is 1. The first-order valence-corrected chi connectivity index (χ1v) is 10.4. The first kappa shape index (κ1) is 23.1. The predicted octanol–water partition coefficient (Wildman–Crippen LogP) is 2.78. The first-order valence-electron chi connectivity index (χ1n) is 10.4. The summed E-state index contributed by atoms with van der Waals surface area (Å²) in [5, 5.41) is 21.9. The molecule has 29 heavy (non-hydrogen) atoms. The number of β-amino-alcohol motifs (C(OH)–C–C–N with tert-alkyl or cyclic N) is 1. The molecule has 1 amide bonds. The van der Waals surface area contributed by atoms with Gasteiger partial charge in [0, 0.05) is 32.0 Å². The molecule has 0 bridgehead atoms.